The second kappa shape index (κ2) is 6.91. The van der Waals surface area contributed by atoms with Crippen molar-refractivity contribution in [1.29, 1.82) is 0 Å². The average molecular weight is 320 g/mol. The minimum absolute atomic E-state index is 0.139. The van der Waals surface area contributed by atoms with E-state index in [1.807, 2.05) is 0 Å². The zero-order chi connectivity index (χ0) is 15.5. The van der Waals surface area contributed by atoms with Gasteiger partial charge in [-0.25, -0.2) is 0 Å². The van der Waals surface area contributed by atoms with Crippen molar-refractivity contribution in [3.8, 4) is 0 Å². The number of alkyl halides is 3. The minimum Gasteiger partial charge on any atom is -0.381 e. The van der Waals surface area contributed by atoms with Crippen LogP contribution in [0.25, 0.3) is 0 Å². The summed E-state index contributed by atoms with van der Waals surface area (Å²) in [4.78, 5) is 0. The van der Waals surface area contributed by atoms with Gasteiger partial charge in [0.25, 0.3) is 0 Å². The highest BCUT2D eigenvalue weighted by Gasteiger charge is 2.31. The topological polar surface area (TPSA) is 12.0 Å². The maximum Gasteiger partial charge on any atom is 0.416 e. The van der Waals surface area contributed by atoms with Gasteiger partial charge in [-0.15, -0.1) is 0 Å². The second-order valence-electron chi connectivity index (χ2n) is 5.84. The van der Waals surface area contributed by atoms with Gasteiger partial charge in [-0.05, 0) is 49.8 Å². The van der Waals surface area contributed by atoms with Crippen molar-refractivity contribution in [1.82, 2.24) is 0 Å². The molecule has 21 heavy (non-hydrogen) atoms. The summed E-state index contributed by atoms with van der Waals surface area (Å²) in [6, 6.07) is 3.82. The lowest BCUT2D eigenvalue weighted by Crippen LogP contribution is -2.26. The van der Waals surface area contributed by atoms with Gasteiger partial charge in [0.1, 0.15) is 0 Å². The number of nitrogens with one attached hydrogen (secondary N) is 1. The first kappa shape index (κ1) is 16.5. The highest BCUT2D eigenvalue weighted by molar-refractivity contribution is 6.33. The predicted molar refractivity (Wildman–Crippen MR) is 80.7 cm³/mol. The van der Waals surface area contributed by atoms with E-state index in [4.69, 9.17) is 11.6 Å². The third kappa shape index (κ3) is 4.53. The molecule has 0 saturated heterocycles. The van der Waals surface area contributed by atoms with Crippen molar-refractivity contribution in [2.75, 3.05) is 5.32 Å². The molecule has 0 radical (unpaired) electrons. The molecule has 0 amide bonds. The predicted octanol–water partition coefficient (Wildman–Crippen LogP) is 6.13. The quantitative estimate of drug-likeness (QED) is 0.704. The molecule has 1 aliphatic rings. The van der Waals surface area contributed by atoms with Crippen LogP contribution in [0.4, 0.5) is 18.9 Å². The zero-order valence-electron chi connectivity index (χ0n) is 12.1. The van der Waals surface area contributed by atoms with Gasteiger partial charge >= 0.3 is 6.18 Å². The monoisotopic (exact) mass is 319 g/mol. The van der Waals surface area contributed by atoms with Crippen molar-refractivity contribution in [2.24, 2.45) is 5.92 Å². The Morgan fingerprint density at radius 1 is 1.19 bits per heavy atom. The molecule has 1 aromatic carbocycles. The van der Waals surface area contributed by atoms with Crippen LogP contribution in [0, 0.1) is 5.92 Å². The van der Waals surface area contributed by atoms with Crippen molar-refractivity contribution in [3.05, 3.63) is 28.8 Å². The molecule has 0 aliphatic heterocycles. The standard InChI is InChI=1S/C16H21ClF3N/c1-2-3-11-4-7-13(8-5-11)21-15-9-6-12(10-14(15)17)16(18,19)20/h6,9-11,13,21H,2-5,7-8H2,1H3. The molecule has 2 rings (SSSR count). The first-order valence-electron chi connectivity index (χ1n) is 7.53. The van der Waals surface area contributed by atoms with Crippen LogP contribution >= 0.6 is 11.6 Å². The minimum atomic E-state index is -4.35. The molecule has 0 atom stereocenters. The third-order valence-electron chi connectivity index (χ3n) is 4.20. The summed E-state index contributed by atoms with van der Waals surface area (Å²) in [5.74, 6) is 0.802. The SMILES string of the molecule is CCCC1CCC(Nc2ccc(C(F)(F)F)cc2Cl)CC1. The largest absolute Gasteiger partial charge is 0.416 e. The number of hydrogen-bond acceptors (Lipinski definition) is 1. The lowest BCUT2D eigenvalue weighted by Gasteiger charge is -2.30. The summed E-state index contributed by atoms with van der Waals surface area (Å²) in [7, 11) is 0. The zero-order valence-corrected chi connectivity index (χ0v) is 12.9. The van der Waals surface area contributed by atoms with Crippen molar-refractivity contribution in [2.45, 2.75) is 57.7 Å². The van der Waals surface area contributed by atoms with Crippen LogP contribution in [-0.4, -0.2) is 6.04 Å². The first-order chi connectivity index (χ1) is 9.90. The van der Waals surface area contributed by atoms with E-state index in [1.165, 1.54) is 31.7 Å². The van der Waals surface area contributed by atoms with Gasteiger partial charge in [0, 0.05) is 6.04 Å². The molecule has 1 N–H and O–H groups in total. The average Bonchev–Trinajstić information content (AvgIpc) is 2.42. The third-order valence-corrected chi connectivity index (χ3v) is 4.51. The number of halogens is 4. The highest BCUT2D eigenvalue weighted by Crippen LogP contribution is 2.35. The lowest BCUT2D eigenvalue weighted by atomic mass is 9.83. The molecule has 0 bridgehead atoms. The van der Waals surface area contributed by atoms with E-state index in [1.54, 1.807) is 0 Å². The number of hydrogen-bond donors (Lipinski definition) is 1. The van der Waals surface area contributed by atoms with Crippen molar-refractivity contribution < 1.29 is 13.2 Å². The summed E-state index contributed by atoms with van der Waals surface area (Å²) >= 11 is 5.97. The molecule has 1 aliphatic carbocycles. The molecule has 0 aromatic heterocycles. The van der Waals surface area contributed by atoms with E-state index in [2.05, 4.69) is 12.2 Å². The Balaban J connectivity index is 1.95. The van der Waals surface area contributed by atoms with Crippen LogP contribution in [0.15, 0.2) is 18.2 Å². The molecular weight excluding hydrogens is 299 g/mol. The normalized spacial score (nSPS) is 23.1. The highest BCUT2D eigenvalue weighted by atomic mass is 35.5. The smallest absolute Gasteiger partial charge is 0.381 e. The number of benzene rings is 1. The van der Waals surface area contributed by atoms with Crippen LogP contribution in [-0.2, 0) is 6.18 Å². The second-order valence-corrected chi connectivity index (χ2v) is 6.25. The van der Waals surface area contributed by atoms with Crippen LogP contribution in [0.1, 0.15) is 51.0 Å². The van der Waals surface area contributed by atoms with E-state index in [0.717, 1.165) is 30.9 Å². The molecule has 1 fully saturated rings. The summed E-state index contributed by atoms with van der Waals surface area (Å²) in [5, 5.41) is 3.43. The maximum absolute atomic E-state index is 12.6. The summed E-state index contributed by atoms with van der Waals surface area (Å²) in [6.07, 6.45) is 2.62. The Labute approximate surface area is 128 Å². The fourth-order valence-electron chi connectivity index (χ4n) is 3.03. The van der Waals surface area contributed by atoms with Gasteiger partial charge in [0.2, 0.25) is 0 Å². The van der Waals surface area contributed by atoms with Crippen LogP contribution < -0.4 is 5.32 Å². The van der Waals surface area contributed by atoms with Gasteiger partial charge in [0.15, 0.2) is 0 Å². The summed E-state index contributed by atoms with van der Waals surface area (Å²) in [6.45, 7) is 2.20. The Kier molecular flexibility index (Phi) is 5.42. The molecule has 0 unspecified atom stereocenters. The molecule has 1 saturated carbocycles. The molecule has 118 valence electrons. The molecule has 1 aromatic rings. The van der Waals surface area contributed by atoms with Gasteiger partial charge in [-0.3, -0.25) is 0 Å². The lowest BCUT2D eigenvalue weighted by molar-refractivity contribution is -0.137. The molecular formula is C16H21ClF3N. The maximum atomic E-state index is 12.6. The fraction of sp³-hybridized carbons (Fsp3) is 0.625. The summed E-state index contributed by atoms with van der Waals surface area (Å²) in [5.41, 5.74) is -0.103. The Morgan fingerprint density at radius 2 is 1.86 bits per heavy atom. The Hall–Kier alpha value is -0.900. The molecule has 5 heteroatoms. The molecule has 0 spiro atoms. The number of anilines is 1. The van der Waals surface area contributed by atoms with Crippen LogP contribution in [0.3, 0.4) is 0 Å². The first-order valence-corrected chi connectivity index (χ1v) is 7.91. The van der Waals surface area contributed by atoms with Crippen molar-refractivity contribution >= 4 is 17.3 Å². The Morgan fingerprint density at radius 3 is 2.38 bits per heavy atom. The van der Waals surface area contributed by atoms with E-state index >= 15 is 0 Å². The van der Waals surface area contributed by atoms with E-state index in [9.17, 15) is 13.2 Å². The number of rotatable bonds is 4. The van der Waals surface area contributed by atoms with E-state index in [0.29, 0.717) is 11.7 Å². The van der Waals surface area contributed by atoms with E-state index < -0.39 is 11.7 Å². The van der Waals surface area contributed by atoms with Gasteiger partial charge in [-0.1, -0.05) is 31.4 Å². The van der Waals surface area contributed by atoms with Crippen LogP contribution in [0.5, 0.6) is 0 Å². The van der Waals surface area contributed by atoms with Gasteiger partial charge in [0.05, 0.1) is 16.3 Å². The van der Waals surface area contributed by atoms with Gasteiger partial charge in [-0.2, -0.15) is 13.2 Å². The van der Waals surface area contributed by atoms with Crippen LogP contribution in [0.2, 0.25) is 5.02 Å². The molecule has 0 heterocycles. The fourth-order valence-corrected chi connectivity index (χ4v) is 3.27. The molecule has 1 nitrogen and oxygen atoms in total. The van der Waals surface area contributed by atoms with Crippen molar-refractivity contribution in [3.63, 3.8) is 0 Å². The van der Waals surface area contributed by atoms with Gasteiger partial charge < -0.3 is 5.32 Å². The van der Waals surface area contributed by atoms with E-state index in [-0.39, 0.29) is 5.02 Å². The summed E-state index contributed by atoms with van der Waals surface area (Å²) < 4.78 is 37.8. The Bertz CT molecular complexity index is 465.